The maximum Gasteiger partial charge on any atom is 0.177 e. The molecule has 0 bridgehead atoms. The van der Waals surface area contributed by atoms with E-state index in [1.807, 2.05) is 20.1 Å². The largest absolute Gasteiger partial charge is 0.396 e. The summed E-state index contributed by atoms with van der Waals surface area (Å²) >= 11 is 3.03. The first-order valence-electron chi connectivity index (χ1n) is 6.26. The Morgan fingerprint density at radius 3 is 2.74 bits per heavy atom. The van der Waals surface area contributed by atoms with Gasteiger partial charge in [0.15, 0.2) is 5.78 Å². The number of hydrogen-bond donors (Lipinski definition) is 2. The molecule has 6 heteroatoms. The third-order valence-electron chi connectivity index (χ3n) is 2.66. The molecule has 0 saturated carbocycles. The van der Waals surface area contributed by atoms with E-state index in [-0.39, 0.29) is 11.7 Å². The number of anilines is 2. The molecule has 4 nitrogen and oxygen atoms in total. The van der Waals surface area contributed by atoms with Crippen molar-refractivity contribution in [2.45, 2.75) is 25.2 Å². The molecule has 0 aliphatic heterocycles. The average Bonchev–Trinajstić information content (AvgIpc) is 2.70. The summed E-state index contributed by atoms with van der Waals surface area (Å²) in [6, 6.07) is 0. The number of methoxy groups -OCH3 is 1. The standard InChI is InChI=1S/C13H22N2O2S2/c1-8(2)10(16)11-9(14)12(18-4)13(19-11)15-6-5-7-17-3/h8,15H,5-7,14H2,1-4H3. The van der Waals surface area contributed by atoms with Crippen LogP contribution in [0.5, 0.6) is 0 Å². The van der Waals surface area contributed by atoms with E-state index in [0.29, 0.717) is 10.6 Å². The summed E-state index contributed by atoms with van der Waals surface area (Å²) in [6.45, 7) is 5.33. The minimum atomic E-state index is -0.0306. The van der Waals surface area contributed by atoms with Crippen molar-refractivity contribution in [1.29, 1.82) is 0 Å². The SMILES string of the molecule is COCCCNc1sc(C(=O)C(C)C)c(N)c1SC. The number of nitrogens with one attached hydrogen (secondary N) is 1. The molecule has 19 heavy (non-hydrogen) atoms. The first-order chi connectivity index (χ1) is 9.02. The third-order valence-corrected chi connectivity index (χ3v) is 4.80. The van der Waals surface area contributed by atoms with E-state index >= 15 is 0 Å². The van der Waals surface area contributed by atoms with Gasteiger partial charge < -0.3 is 15.8 Å². The fourth-order valence-electron chi connectivity index (χ4n) is 1.61. The van der Waals surface area contributed by atoms with Crippen LogP contribution in [-0.2, 0) is 4.74 Å². The zero-order chi connectivity index (χ0) is 14.4. The molecule has 0 saturated heterocycles. The Balaban J connectivity index is 2.86. The Kier molecular flexibility index (Phi) is 6.68. The lowest BCUT2D eigenvalue weighted by molar-refractivity contribution is 0.0944. The second-order valence-electron chi connectivity index (χ2n) is 4.50. The number of nitrogens with two attached hydrogens (primary N) is 1. The summed E-state index contributed by atoms with van der Waals surface area (Å²) in [5.41, 5.74) is 6.70. The van der Waals surface area contributed by atoms with Gasteiger partial charge in [0.2, 0.25) is 0 Å². The smallest absolute Gasteiger partial charge is 0.177 e. The lowest BCUT2D eigenvalue weighted by Crippen LogP contribution is -2.07. The molecule has 0 aliphatic carbocycles. The molecule has 108 valence electrons. The zero-order valence-electron chi connectivity index (χ0n) is 11.9. The molecular formula is C13H22N2O2S2. The van der Waals surface area contributed by atoms with Crippen LogP contribution in [0.15, 0.2) is 4.90 Å². The van der Waals surface area contributed by atoms with Crippen molar-refractivity contribution in [3.63, 3.8) is 0 Å². The fraction of sp³-hybridized carbons (Fsp3) is 0.615. The number of Topliss-reactive ketones (excluding diaryl/α,β-unsaturated/α-hetero) is 1. The van der Waals surface area contributed by atoms with Crippen molar-refractivity contribution < 1.29 is 9.53 Å². The van der Waals surface area contributed by atoms with E-state index in [0.717, 1.165) is 29.5 Å². The van der Waals surface area contributed by atoms with Crippen molar-refractivity contribution >= 4 is 39.6 Å². The highest BCUT2D eigenvalue weighted by atomic mass is 32.2. The minimum Gasteiger partial charge on any atom is -0.396 e. The van der Waals surface area contributed by atoms with E-state index in [1.54, 1.807) is 18.9 Å². The number of hydrogen-bond acceptors (Lipinski definition) is 6. The number of ether oxygens (including phenoxy) is 1. The first kappa shape index (κ1) is 16.3. The van der Waals surface area contributed by atoms with E-state index in [9.17, 15) is 4.79 Å². The molecule has 0 unspecified atom stereocenters. The monoisotopic (exact) mass is 302 g/mol. The molecular weight excluding hydrogens is 280 g/mol. The quantitative estimate of drug-likeness (QED) is 0.438. The number of thiophene rings is 1. The van der Waals surface area contributed by atoms with Gasteiger partial charge >= 0.3 is 0 Å². The van der Waals surface area contributed by atoms with Gasteiger partial charge in [-0.05, 0) is 12.7 Å². The van der Waals surface area contributed by atoms with Crippen molar-refractivity contribution in [2.75, 3.05) is 37.6 Å². The van der Waals surface area contributed by atoms with Crippen LogP contribution < -0.4 is 11.1 Å². The summed E-state index contributed by atoms with van der Waals surface area (Å²) < 4.78 is 5.01. The summed E-state index contributed by atoms with van der Waals surface area (Å²) in [6.07, 6.45) is 2.90. The number of carbonyl (C=O) groups excluding carboxylic acids is 1. The summed E-state index contributed by atoms with van der Waals surface area (Å²) in [5.74, 6) is 0.0831. The van der Waals surface area contributed by atoms with Gasteiger partial charge in [-0.3, -0.25) is 4.79 Å². The van der Waals surface area contributed by atoms with Gasteiger partial charge in [0, 0.05) is 26.2 Å². The number of carbonyl (C=O) groups is 1. The lowest BCUT2D eigenvalue weighted by Gasteiger charge is -2.05. The van der Waals surface area contributed by atoms with Crippen LogP contribution in [0.4, 0.5) is 10.7 Å². The molecule has 0 aliphatic rings. The average molecular weight is 302 g/mol. The minimum absolute atomic E-state index is 0.0306. The fourth-order valence-corrected chi connectivity index (χ4v) is 3.76. The van der Waals surface area contributed by atoms with E-state index < -0.39 is 0 Å². The van der Waals surface area contributed by atoms with Gasteiger partial charge in [0.1, 0.15) is 5.00 Å². The highest BCUT2D eigenvalue weighted by Crippen LogP contribution is 2.42. The molecule has 0 amide bonds. The summed E-state index contributed by atoms with van der Waals surface area (Å²) in [7, 11) is 1.69. The first-order valence-corrected chi connectivity index (χ1v) is 8.30. The van der Waals surface area contributed by atoms with Gasteiger partial charge in [-0.1, -0.05) is 13.8 Å². The highest BCUT2D eigenvalue weighted by Gasteiger charge is 2.22. The molecule has 1 aromatic rings. The van der Waals surface area contributed by atoms with Gasteiger partial charge in [0.05, 0.1) is 15.5 Å². The maximum absolute atomic E-state index is 12.1. The van der Waals surface area contributed by atoms with Crippen molar-refractivity contribution in [2.24, 2.45) is 5.92 Å². The Hall–Kier alpha value is -0.720. The van der Waals surface area contributed by atoms with Crippen LogP contribution in [0, 0.1) is 5.92 Å². The molecule has 0 spiro atoms. The molecule has 1 rings (SSSR count). The van der Waals surface area contributed by atoms with Gasteiger partial charge in [0.25, 0.3) is 0 Å². The number of rotatable bonds is 8. The van der Waals surface area contributed by atoms with E-state index in [2.05, 4.69) is 5.32 Å². The lowest BCUT2D eigenvalue weighted by atomic mass is 10.1. The van der Waals surface area contributed by atoms with Crippen molar-refractivity contribution in [3.05, 3.63) is 4.88 Å². The molecule has 0 aromatic carbocycles. The predicted octanol–water partition coefficient (Wildman–Crippen LogP) is 3.34. The zero-order valence-corrected chi connectivity index (χ0v) is 13.5. The van der Waals surface area contributed by atoms with Gasteiger partial charge in [-0.25, -0.2) is 0 Å². The molecule has 0 atom stereocenters. The van der Waals surface area contributed by atoms with Crippen LogP contribution >= 0.6 is 23.1 Å². The normalized spacial score (nSPS) is 11.0. The van der Waals surface area contributed by atoms with Crippen molar-refractivity contribution in [3.8, 4) is 0 Å². The Labute approximate surface area is 123 Å². The molecule has 0 radical (unpaired) electrons. The summed E-state index contributed by atoms with van der Waals surface area (Å²) in [5, 5.41) is 4.33. The molecule has 3 N–H and O–H groups in total. The second kappa shape index (κ2) is 7.77. The summed E-state index contributed by atoms with van der Waals surface area (Å²) in [4.78, 5) is 13.7. The maximum atomic E-state index is 12.1. The van der Waals surface area contributed by atoms with Crippen LogP contribution in [0.1, 0.15) is 29.9 Å². The van der Waals surface area contributed by atoms with Crippen molar-refractivity contribution in [1.82, 2.24) is 0 Å². The third kappa shape index (κ3) is 4.12. The van der Waals surface area contributed by atoms with Crippen LogP contribution in [-0.4, -0.2) is 32.3 Å². The van der Waals surface area contributed by atoms with E-state index in [1.165, 1.54) is 11.3 Å². The second-order valence-corrected chi connectivity index (χ2v) is 6.34. The van der Waals surface area contributed by atoms with Crippen LogP contribution in [0.2, 0.25) is 0 Å². The number of nitrogen functional groups attached to an aromatic ring is 1. The van der Waals surface area contributed by atoms with Crippen LogP contribution in [0.25, 0.3) is 0 Å². The Morgan fingerprint density at radius 2 is 2.21 bits per heavy atom. The Bertz CT molecular complexity index is 431. The number of ketones is 1. The molecule has 1 aromatic heterocycles. The highest BCUT2D eigenvalue weighted by molar-refractivity contribution is 7.99. The number of thioether (sulfide) groups is 1. The topological polar surface area (TPSA) is 64.3 Å². The van der Waals surface area contributed by atoms with Crippen LogP contribution in [0.3, 0.4) is 0 Å². The van der Waals surface area contributed by atoms with Gasteiger partial charge in [-0.15, -0.1) is 23.1 Å². The molecule has 0 fully saturated rings. The van der Waals surface area contributed by atoms with E-state index in [4.69, 9.17) is 10.5 Å². The predicted molar refractivity (Wildman–Crippen MR) is 84.7 cm³/mol. The van der Waals surface area contributed by atoms with Gasteiger partial charge in [-0.2, -0.15) is 0 Å². The molecule has 1 heterocycles. The Morgan fingerprint density at radius 1 is 1.53 bits per heavy atom.